The average molecular weight is 254 g/mol. The molecular formula is C15H30N2O. The minimum absolute atomic E-state index is 0.281. The lowest BCUT2D eigenvalue weighted by Gasteiger charge is -2.52. The molecular weight excluding hydrogens is 224 g/mol. The Morgan fingerprint density at radius 1 is 1.33 bits per heavy atom. The molecule has 0 bridgehead atoms. The lowest BCUT2D eigenvalue weighted by Crippen LogP contribution is -2.63. The second-order valence-corrected chi connectivity index (χ2v) is 6.60. The van der Waals surface area contributed by atoms with Gasteiger partial charge in [0.2, 0.25) is 0 Å². The largest absolute Gasteiger partial charge is 0.378 e. The maximum atomic E-state index is 5.79. The first-order valence-corrected chi connectivity index (χ1v) is 7.64. The molecule has 2 aliphatic rings. The van der Waals surface area contributed by atoms with Crippen LogP contribution in [0.15, 0.2) is 0 Å². The van der Waals surface area contributed by atoms with E-state index in [1.54, 1.807) is 0 Å². The molecule has 106 valence electrons. The van der Waals surface area contributed by atoms with Gasteiger partial charge in [-0.15, -0.1) is 0 Å². The van der Waals surface area contributed by atoms with Crippen LogP contribution in [-0.4, -0.2) is 37.4 Å². The molecule has 1 saturated carbocycles. The number of nitrogens with one attached hydrogen (secondary N) is 2. The van der Waals surface area contributed by atoms with E-state index in [4.69, 9.17) is 4.74 Å². The fraction of sp³-hybridized carbons (Fsp3) is 1.00. The Morgan fingerprint density at radius 2 is 2.11 bits per heavy atom. The molecule has 0 aromatic heterocycles. The van der Waals surface area contributed by atoms with Crippen molar-refractivity contribution in [2.24, 2.45) is 5.41 Å². The summed E-state index contributed by atoms with van der Waals surface area (Å²) in [5, 5.41) is 7.48. The van der Waals surface area contributed by atoms with Crippen LogP contribution in [-0.2, 0) is 4.74 Å². The van der Waals surface area contributed by atoms with Crippen LogP contribution >= 0.6 is 0 Å². The van der Waals surface area contributed by atoms with Gasteiger partial charge in [-0.05, 0) is 39.2 Å². The standard InChI is InChI=1S/C15H30N2O/c1-5-15(8-7-9-17-15)11-16-12-10-13(18-6-2)14(12,3)4/h12-13,16-17H,5-11H2,1-4H3. The van der Waals surface area contributed by atoms with Gasteiger partial charge < -0.3 is 15.4 Å². The van der Waals surface area contributed by atoms with Crippen molar-refractivity contribution < 1.29 is 4.74 Å². The van der Waals surface area contributed by atoms with E-state index in [9.17, 15) is 0 Å². The highest BCUT2D eigenvalue weighted by Gasteiger charge is 2.49. The predicted molar refractivity (Wildman–Crippen MR) is 75.9 cm³/mol. The molecule has 0 aromatic rings. The summed E-state index contributed by atoms with van der Waals surface area (Å²) < 4.78 is 5.79. The Morgan fingerprint density at radius 3 is 2.61 bits per heavy atom. The quantitative estimate of drug-likeness (QED) is 0.763. The maximum absolute atomic E-state index is 5.79. The fourth-order valence-electron chi connectivity index (χ4n) is 3.48. The molecule has 0 amide bonds. The van der Waals surface area contributed by atoms with Gasteiger partial charge in [-0.2, -0.15) is 0 Å². The molecule has 0 radical (unpaired) electrons. The fourth-order valence-corrected chi connectivity index (χ4v) is 3.48. The summed E-state index contributed by atoms with van der Waals surface area (Å²) in [7, 11) is 0. The van der Waals surface area contributed by atoms with Crippen LogP contribution < -0.4 is 10.6 Å². The summed E-state index contributed by atoms with van der Waals surface area (Å²) >= 11 is 0. The number of ether oxygens (including phenoxy) is 1. The van der Waals surface area contributed by atoms with E-state index < -0.39 is 0 Å². The predicted octanol–water partition coefficient (Wildman–Crippen LogP) is 2.31. The molecule has 2 N–H and O–H groups in total. The molecule has 2 rings (SSSR count). The second-order valence-electron chi connectivity index (χ2n) is 6.60. The highest BCUT2D eigenvalue weighted by Crippen LogP contribution is 2.43. The molecule has 3 nitrogen and oxygen atoms in total. The average Bonchev–Trinajstić information content (AvgIpc) is 2.82. The maximum Gasteiger partial charge on any atom is 0.0655 e. The zero-order valence-electron chi connectivity index (χ0n) is 12.5. The van der Waals surface area contributed by atoms with Crippen LogP contribution in [0.1, 0.15) is 53.4 Å². The van der Waals surface area contributed by atoms with Gasteiger partial charge in [0.15, 0.2) is 0 Å². The van der Waals surface area contributed by atoms with Crippen molar-refractivity contribution in [2.45, 2.75) is 71.1 Å². The van der Waals surface area contributed by atoms with Gasteiger partial charge in [0, 0.05) is 30.1 Å². The minimum atomic E-state index is 0.281. The summed E-state index contributed by atoms with van der Waals surface area (Å²) in [6.45, 7) is 12.2. The molecule has 3 heteroatoms. The monoisotopic (exact) mass is 254 g/mol. The van der Waals surface area contributed by atoms with E-state index in [2.05, 4.69) is 38.3 Å². The molecule has 1 aliphatic heterocycles. The van der Waals surface area contributed by atoms with Crippen LogP contribution in [0.3, 0.4) is 0 Å². The van der Waals surface area contributed by atoms with Crippen LogP contribution in [0.4, 0.5) is 0 Å². The van der Waals surface area contributed by atoms with Gasteiger partial charge in [-0.1, -0.05) is 20.8 Å². The molecule has 18 heavy (non-hydrogen) atoms. The summed E-state index contributed by atoms with van der Waals surface area (Å²) in [6.07, 6.45) is 5.47. The second kappa shape index (κ2) is 5.48. The van der Waals surface area contributed by atoms with E-state index in [1.165, 1.54) is 32.2 Å². The van der Waals surface area contributed by atoms with Gasteiger partial charge in [0.25, 0.3) is 0 Å². The van der Waals surface area contributed by atoms with E-state index in [1.807, 2.05) is 0 Å². The third-order valence-electron chi connectivity index (χ3n) is 5.24. The van der Waals surface area contributed by atoms with Crippen LogP contribution in [0.2, 0.25) is 0 Å². The lowest BCUT2D eigenvalue weighted by atomic mass is 9.64. The van der Waals surface area contributed by atoms with Crippen molar-refractivity contribution in [3.8, 4) is 0 Å². The molecule has 1 aliphatic carbocycles. The number of hydrogen-bond donors (Lipinski definition) is 2. The van der Waals surface area contributed by atoms with Crippen LogP contribution in [0.25, 0.3) is 0 Å². The van der Waals surface area contributed by atoms with Gasteiger partial charge in [0.05, 0.1) is 6.10 Å². The van der Waals surface area contributed by atoms with Crippen molar-refractivity contribution in [3.63, 3.8) is 0 Å². The SMILES string of the molecule is CCOC1CC(NCC2(CC)CCCN2)C1(C)C. The van der Waals surface area contributed by atoms with Crippen molar-refractivity contribution in [2.75, 3.05) is 19.7 Å². The minimum Gasteiger partial charge on any atom is -0.378 e. The zero-order valence-corrected chi connectivity index (χ0v) is 12.5. The zero-order chi connectivity index (χ0) is 13.2. The summed E-state index contributed by atoms with van der Waals surface area (Å²) in [5.74, 6) is 0. The molecule has 1 heterocycles. The summed E-state index contributed by atoms with van der Waals surface area (Å²) in [6, 6.07) is 0.611. The molecule has 3 unspecified atom stereocenters. The van der Waals surface area contributed by atoms with Crippen molar-refractivity contribution in [3.05, 3.63) is 0 Å². The van der Waals surface area contributed by atoms with Crippen molar-refractivity contribution >= 4 is 0 Å². The Hall–Kier alpha value is -0.120. The molecule has 3 atom stereocenters. The van der Waals surface area contributed by atoms with Gasteiger partial charge in [0.1, 0.15) is 0 Å². The first-order chi connectivity index (χ1) is 8.54. The van der Waals surface area contributed by atoms with E-state index in [0.717, 1.165) is 13.2 Å². The topological polar surface area (TPSA) is 33.3 Å². The Bertz CT molecular complexity index is 272. The molecule has 0 aromatic carbocycles. The van der Waals surface area contributed by atoms with Crippen molar-refractivity contribution in [1.82, 2.24) is 10.6 Å². The Labute approximate surface area is 112 Å². The third-order valence-corrected chi connectivity index (χ3v) is 5.24. The molecule has 0 spiro atoms. The lowest BCUT2D eigenvalue weighted by molar-refractivity contribution is -0.115. The first kappa shape index (κ1) is 14.3. The molecule has 1 saturated heterocycles. The highest BCUT2D eigenvalue weighted by atomic mass is 16.5. The van der Waals surface area contributed by atoms with E-state index in [0.29, 0.717) is 17.7 Å². The number of rotatable bonds is 6. The Balaban J connectivity index is 1.81. The van der Waals surface area contributed by atoms with Gasteiger partial charge >= 0.3 is 0 Å². The molecule has 2 fully saturated rings. The smallest absolute Gasteiger partial charge is 0.0655 e. The highest BCUT2D eigenvalue weighted by molar-refractivity contribution is 5.04. The first-order valence-electron chi connectivity index (χ1n) is 7.64. The summed E-state index contributed by atoms with van der Waals surface area (Å²) in [4.78, 5) is 0. The Kier molecular flexibility index (Phi) is 4.35. The van der Waals surface area contributed by atoms with Gasteiger partial charge in [-0.3, -0.25) is 0 Å². The van der Waals surface area contributed by atoms with Crippen LogP contribution in [0.5, 0.6) is 0 Å². The number of hydrogen-bond acceptors (Lipinski definition) is 3. The van der Waals surface area contributed by atoms with E-state index in [-0.39, 0.29) is 5.41 Å². The van der Waals surface area contributed by atoms with Crippen LogP contribution in [0, 0.1) is 5.41 Å². The van der Waals surface area contributed by atoms with Crippen molar-refractivity contribution in [1.29, 1.82) is 0 Å². The van der Waals surface area contributed by atoms with Gasteiger partial charge in [-0.25, -0.2) is 0 Å². The summed E-state index contributed by atoms with van der Waals surface area (Å²) in [5.41, 5.74) is 0.635. The third kappa shape index (κ3) is 2.59. The van der Waals surface area contributed by atoms with E-state index >= 15 is 0 Å². The normalized spacial score (nSPS) is 38.7.